The molecule has 0 atom stereocenters. The molecule has 0 fully saturated rings. The van der Waals surface area contributed by atoms with Crippen LogP contribution >= 0.6 is 0 Å². The van der Waals surface area contributed by atoms with Crippen LogP contribution in [0.2, 0.25) is 0 Å². The van der Waals surface area contributed by atoms with Crippen LogP contribution in [0.5, 0.6) is 5.75 Å². The Kier molecular flexibility index (Phi) is 6.02. The normalized spacial score (nSPS) is 11.0. The number of rotatable bonds is 7. The first kappa shape index (κ1) is 21.3. The van der Waals surface area contributed by atoms with Crippen LogP contribution < -0.4 is 15.6 Å². The highest BCUT2D eigenvalue weighted by atomic mass is 16.5. The van der Waals surface area contributed by atoms with Gasteiger partial charge in [0, 0.05) is 18.5 Å². The molecule has 0 aliphatic heterocycles. The summed E-state index contributed by atoms with van der Waals surface area (Å²) in [7, 11) is 1.55. The van der Waals surface area contributed by atoms with Crippen LogP contribution in [0.25, 0.3) is 22.4 Å². The molecule has 1 N–H and O–H groups in total. The van der Waals surface area contributed by atoms with Crippen LogP contribution in [0.3, 0.4) is 0 Å². The van der Waals surface area contributed by atoms with E-state index in [-0.39, 0.29) is 30.0 Å². The van der Waals surface area contributed by atoms with Gasteiger partial charge in [0.25, 0.3) is 11.1 Å². The number of hydrogen-bond acceptors (Lipinski definition) is 6. The number of hydrogen-bond donors (Lipinski definition) is 1. The van der Waals surface area contributed by atoms with Crippen molar-refractivity contribution >= 4 is 22.7 Å². The number of nitrogens with one attached hydrogen (secondary N) is 1. The minimum Gasteiger partial charge on any atom is -0.495 e. The molecule has 2 aromatic heterocycles. The number of aromatic nitrogens is 3. The standard InChI is InChI=1S/C24H24N4O4/c1-4-16-6-8-17(9-7-16)21-22-23(32-27-21)24(30)28(14-25-22)12-11-20(29)26-18-13-15(2)5-10-19(18)31-3/h5-10,13-14H,4,11-12H2,1-3H3,(H,26,29). The first-order valence-corrected chi connectivity index (χ1v) is 10.4. The van der Waals surface area contributed by atoms with E-state index in [9.17, 15) is 9.59 Å². The van der Waals surface area contributed by atoms with Crippen LogP contribution in [0.15, 0.2) is 58.1 Å². The molecule has 0 saturated carbocycles. The van der Waals surface area contributed by atoms with Gasteiger partial charge in [0.2, 0.25) is 5.91 Å². The van der Waals surface area contributed by atoms with Crippen LogP contribution in [0.4, 0.5) is 5.69 Å². The minimum absolute atomic E-state index is 0.0721. The van der Waals surface area contributed by atoms with Crippen LogP contribution in [-0.4, -0.2) is 27.7 Å². The first-order chi connectivity index (χ1) is 15.5. The second kappa shape index (κ2) is 9.05. The first-order valence-electron chi connectivity index (χ1n) is 10.4. The predicted octanol–water partition coefficient (Wildman–Crippen LogP) is 3.96. The van der Waals surface area contributed by atoms with Gasteiger partial charge in [-0.25, -0.2) is 4.98 Å². The van der Waals surface area contributed by atoms with Crippen molar-refractivity contribution in [3.8, 4) is 17.0 Å². The zero-order valence-corrected chi connectivity index (χ0v) is 18.2. The summed E-state index contributed by atoms with van der Waals surface area (Å²) in [6.45, 7) is 4.17. The maximum Gasteiger partial charge on any atom is 0.299 e. The van der Waals surface area contributed by atoms with E-state index in [0.717, 1.165) is 17.5 Å². The summed E-state index contributed by atoms with van der Waals surface area (Å²) in [5, 5.41) is 6.89. The van der Waals surface area contributed by atoms with Gasteiger partial charge in [-0.15, -0.1) is 0 Å². The van der Waals surface area contributed by atoms with Gasteiger partial charge in [-0.2, -0.15) is 0 Å². The van der Waals surface area contributed by atoms with E-state index < -0.39 is 0 Å². The lowest BCUT2D eigenvalue weighted by atomic mass is 10.1. The number of fused-ring (bicyclic) bond motifs is 1. The van der Waals surface area contributed by atoms with E-state index in [4.69, 9.17) is 9.26 Å². The highest BCUT2D eigenvalue weighted by Crippen LogP contribution is 2.26. The number of carbonyl (C=O) groups excluding carboxylic acids is 1. The fraction of sp³-hybridized carbons (Fsp3) is 0.250. The average molecular weight is 432 g/mol. The van der Waals surface area contributed by atoms with Gasteiger partial charge in [0.15, 0.2) is 0 Å². The number of nitrogens with zero attached hydrogens (tertiary/aromatic N) is 3. The van der Waals surface area contributed by atoms with E-state index in [1.54, 1.807) is 13.2 Å². The van der Waals surface area contributed by atoms with Crippen molar-refractivity contribution in [2.75, 3.05) is 12.4 Å². The van der Waals surface area contributed by atoms with Crippen molar-refractivity contribution in [3.05, 3.63) is 70.3 Å². The van der Waals surface area contributed by atoms with Crippen molar-refractivity contribution in [3.63, 3.8) is 0 Å². The Labute approximate surface area is 184 Å². The van der Waals surface area contributed by atoms with Crippen molar-refractivity contribution < 1.29 is 14.1 Å². The molecule has 2 aromatic carbocycles. The largest absolute Gasteiger partial charge is 0.495 e. The van der Waals surface area contributed by atoms with Gasteiger partial charge in [0.1, 0.15) is 17.0 Å². The van der Waals surface area contributed by atoms with Gasteiger partial charge in [-0.1, -0.05) is 42.4 Å². The number of amides is 1. The molecule has 0 aliphatic rings. The maximum absolute atomic E-state index is 12.8. The molecular weight excluding hydrogens is 408 g/mol. The molecule has 8 nitrogen and oxygen atoms in total. The smallest absolute Gasteiger partial charge is 0.299 e. The Morgan fingerprint density at radius 1 is 1.19 bits per heavy atom. The van der Waals surface area contributed by atoms with E-state index in [1.807, 2.05) is 43.3 Å². The van der Waals surface area contributed by atoms with Crippen LogP contribution in [-0.2, 0) is 17.8 Å². The highest BCUT2D eigenvalue weighted by molar-refractivity contribution is 5.92. The Hall–Kier alpha value is -3.94. The second-order valence-electron chi connectivity index (χ2n) is 7.50. The lowest BCUT2D eigenvalue weighted by molar-refractivity contribution is -0.116. The molecule has 0 spiro atoms. The van der Waals surface area contributed by atoms with Gasteiger partial charge >= 0.3 is 0 Å². The lowest BCUT2D eigenvalue weighted by Gasteiger charge is -2.11. The summed E-state index contributed by atoms with van der Waals surface area (Å²) in [5.74, 6) is 0.334. The fourth-order valence-corrected chi connectivity index (χ4v) is 3.46. The highest BCUT2D eigenvalue weighted by Gasteiger charge is 2.17. The Morgan fingerprint density at radius 2 is 1.97 bits per heavy atom. The van der Waals surface area contributed by atoms with E-state index in [1.165, 1.54) is 16.5 Å². The Bertz CT molecular complexity index is 1320. The average Bonchev–Trinajstić information content (AvgIpc) is 3.24. The molecule has 4 rings (SSSR count). The summed E-state index contributed by atoms with van der Waals surface area (Å²) in [6.07, 6.45) is 2.45. The lowest BCUT2D eigenvalue weighted by Crippen LogP contribution is -2.23. The molecule has 32 heavy (non-hydrogen) atoms. The van der Waals surface area contributed by atoms with Gasteiger partial charge in [-0.3, -0.25) is 14.2 Å². The molecule has 0 aliphatic carbocycles. The van der Waals surface area contributed by atoms with Crippen molar-refractivity contribution in [1.82, 2.24) is 14.7 Å². The summed E-state index contributed by atoms with van der Waals surface area (Å²) in [4.78, 5) is 29.6. The number of anilines is 1. The van der Waals surface area contributed by atoms with E-state index in [0.29, 0.717) is 22.6 Å². The van der Waals surface area contributed by atoms with Crippen LogP contribution in [0.1, 0.15) is 24.5 Å². The molecule has 164 valence electrons. The monoisotopic (exact) mass is 432 g/mol. The maximum atomic E-state index is 12.8. The third-order valence-electron chi connectivity index (χ3n) is 5.29. The van der Waals surface area contributed by atoms with Crippen molar-refractivity contribution in [2.45, 2.75) is 33.2 Å². The van der Waals surface area contributed by atoms with Crippen molar-refractivity contribution in [2.24, 2.45) is 0 Å². The molecule has 4 aromatic rings. The number of aryl methyl sites for hydroxylation is 3. The summed E-state index contributed by atoms with van der Waals surface area (Å²) in [6, 6.07) is 13.4. The van der Waals surface area contributed by atoms with E-state index >= 15 is 0 Å². The molecule has 0 unspecified atom stereocenters. The topological polar surface area (TPSA) is 99.2 Å². The summed E-state index contributed by atoms with van der Waals surface area (Å²) in [5.41, 5.74) is 4.25. The Morgan fingerprint density at radius 3 is 2.69 bits per heavy atom. The fourth-order valence-electron chi connectivity index (χ4n) is 3.46. The van der Waals surface area contributed by atoms with E-state index in [2.05, 4.69) is 22.4 Å². The predicted molar refractivity (Wildman–Crippen MR) is 122 cm³/mol. The molecule has 0 bridgehead atoms. The number of methoxy groups -OCH3 is 1. The quantitative estimate of drug-likeness (QED) is 0.475. The molecule has 2 heterocycles. The minimum atomic E-state index is -0.375. The zero-order valence-electron chi connectivity index (χ0n) is 18.2. The SMILES string of the molecule is CCc1ccc(-c2noc3c(=O)n(CCC(=O)Nc4cc(C)ccc4OC)cnc23)cc1. The van der Waals surface area contributed by atoms with Crippen LogP contribution in [0, 0.1) is 6.92 Å². The molecule has 0 saturated heterocycles. The van der Waals surface area contributed by atoms with Crippen molar-refractivity contribution in [1.29, 1.82) is 0 Å². The molecular formula is C24H24N4O4. The number of benzene rings is 2. The Balaban J connectivity index is 1.51. The van der Waals surface area contributed by atoms with Gasteiger partial charge in [0.05, 0.1) is 19.1 Å². The molecule has 0 radical (unpaired) electrons. The third kappa shape index (κ3) is 4.25. The second-order valence-corrected chi connectivity index (χ2v) is 7.50. The zero-order chi connectivity index (χ0) is 22.7. The number of ether oxygens (including phenoxy) is 1. The third-order valence-corrected chi connectivity index (χ3v) is 5.29. The summed E-state index contributed by atoms with van der Waals surface area (Å²) < 4.78 is 11.9. The van der Waals surface area contributed by atoms with Gasteiger partial charge in [-0.05, 0) is 36.6 Å². The number of carbonyl (C=O) groups is 1. The molecule has 8 heteroatoms. The van der Waals surface area contributed by atoms with Gasteiger partial charge < -0.3 is 14.6 Å². The molecule has 1 amide bonds. The summed E-state index contributed by atoms with van der Waals surface area (Å²) >= 11 is 0.